The van der Waals surface area contributed by atoms with Gasteiger partial charge < -0.3 is 5.32 Å². The summed E-state index contributed by atoms with van der Waals surface area (Å²) in [7, 11) is 0. The van der Waals surface area contributed by atoms with Crippen molar-refractivity contribution in [3.05, 3.63) is 40.9 Å². The third kappa shape index (κ3) is 4.34. The quantitative estimate of drug-likeness (QED) is 0.656. The molecule has 0 aromatic heterocycles. The van der Waals surface area contributed by atoms with Crippen LogP contribution in [0.15, 0.2) is 30.3 Å². The number of ketones is 1. The molecule has 0 atom stereocenters. The molecule has 1 saturated carbocycles. The highest BCUT2D eigenvalue weighted by Gasteiger charge is 2.23. The lowest BCUT2D eigenvalue weighted by atomic mass is 10.1. The average Bonchev–Trinajstić information content (AvgIpc) is 3.10. The number of rotatable bonds is 5. The van der Waals surface area contributed by atoms with Crippen LogP contribution in [-0.4, -0.2) is 17.7 Å². The summed E-state index contributed by atoms with van der Waals surface area (Å²) in [6, 6.07) is 7.48. The fourth-order valence-corrected chi connectivity index (χ4v) is 1.72. The van der Waals surface area contributed by atoms with Gasteiger partial charge in [-0.05, 0) is 36.6 Å². The van der Waals surface area contributed by atoms with Crippen molar-refractivity contribution in [2.24, 2.45) is 0 Å². The Morgan fingerprint density at radius 2 is 2.17 bits per heavy atom. The number of halogens is 1. The molecule has 1 aromatic carbocycles. The number of hydrogen-bond acceptors (Lipinski definition) is 2. The molecule has 18 heavy (non-hydrogen) atoms. The van der Waals surface area contributed by atoms with Crippen LogP contribution >= 0.6 is 11.6 Å². The lowest BCUT2D eigenvalue weighted by molar-refractivity contribution is -0.126. The Balaban J connectivity index is 1.84. The van der Waals surface area contributed by atoms with E-state index in [1.54, 1.807) is 18.2 Å². The number of allylic oxidation sites excluding steroid dienone is 1. The normalized spacial score (nSPS) is 14.7. The van der Waals surface area contributed by atoms with Crippen molar-refractivity contribution in [2.75, 3.05) is 0 Å². The standard InChI is InChI=1S/C14H14ClNO2/c15-11-3-1-2-10(8-11)4-7-13(17)9-14(18)16-12-5-6-12/h1-4,7-8,12H,5-6,9H2,(H,16,18). The monoisotopic (exact) mass is 263 g/mol. The van der Waals surface area contributed by atoms with E-state index in [1.807, 2.05) is 12.1 Å². The first-order valence-corrected chi connectivity index (χ1v) is 6.27. The van der Waals surface area contributed by atoms with Crippen molar-refractivity contribution < 1.29 is 9.59 Å². The molecule has 1 aliphatic rings. The summed E-state index contributed by atoms with van der Waals surface area (Å²) in [6.45, 7) is 0. The summed E-state index contributed by atoms with van der Waals surface area (Å²) in [5, 5.41) is 3.40. The van der Waals surface area contributed by atoms with Crippen molar-refractivity contribution in [2.45, 2.75) is 25.3 Å². The maximum atomic E-state index is 11.5. The van der Waals surface area contributed by atoms with Gasteiger partial charge in [0.2, 0.25) is 5.91 Å². The molecule has 0 radical (unpaired) electrons. The van der Waals surface area contributed by atoms with Gasteiger partial charge in [0.25, 0.3) is 0 Å². The number of nitrogens with one attached hydrogen (secondary N) is 1. The second-order valence-corrected chi connectivity index (χ2v) is 4.81. The minimum atomic E-state index is -0.201. The molecule has 1 amide bonds. The smallest absolute Gasteiger partial charge is 0.228 e. The topological polar surface area (TPSA) is 46.2 Å². The fraction of sp³-hybridized carbons (Fsp3) is 0.286. The molecule has 0 aliphatic heterocycles. The first-order valence-electron chi connectivity index (χ1n) is 5.89. The van der Waals surface area contributed by atoms with Crippen molar-refractivity contribution in [1.29, 1.82) is 0 Å². The summed E-state index contributed by atoms with van der Waals surface area (Å²) in [5.74, 6) is -0.397. The van der Waals surface area contributed by atoms with Gasteiger partial charge in [-0.1, -0.05) is 29.8 Å². The Bertz CT molecular complexity index is 492. The third-order valence-electron chi connectivity index (χ3n) is 2.59. The van der Waals surface area contributed by atoms with Gasteiger partial charge in [-0.15, -0.1) is 0 Å². The average molecular weight is 264 g/mol. The number of hydrogen-bond donors (Lipinski definition) is 1. The predicted molar refractivity (Wildman–Crippen MR) is 71.3 cm³/mol. The van der Waals surface area contributed by atoms with E-state index in [9.17, 15) is 9.59 Å². The van der Waals surface area contributed by atoms with Crippen LogP contribution in [0.5, 0.6) is 0 Å². The first-order chi connectivity index (χ1) is 8.63. The van der Waals surface area contributed by atoms with Crippen LogP contribution in [0.3, 0.4) is 0 Å². The number of carbonyl (C=O) groups is 2. The Hall–Kier alpha value is -1.61. The molecule has 1 aliphatic carbocycles. The number of amides is 1. The van der Waals surface area contributed by atoms with E-state index in [4.69, 9.17) is 11.6 Å². The van der Waals surface area contributed by atoms with E-state index in [0.717, 1.165) is 18.4 Å². The Morgan fingerprint density at radius 1 is 1.39 bits per heavy atom. The molecule has 94 valence electrons. The van der Waals surface area contributed by atoms with Crippen molar-refractivity contribution >= 4 is 29.4 Å². The van der Waals surface area contributed by atoms with Crippen LogP contribution in [-0.2, 0) is 9.59 Å². The van der Waals surface area contributed by atoms with E-state index in [0.29, 0.717) is 11.1 Å². The third-order valence-corrected chi connectivity index (χ3v) is 2.82. The van der Waals surface area contributed by atoms with Crippen molar-refractivity contribution in [1.82, 2.24) is 5.32 Å². The van der Waals surface area contributed by atoms with Gasteiger partial charge in [-0.2, -0.15) is 0 Å². The van der Waals surface area contributed by atoms with Crippen LogP contribution in [0.1, 0.15) is 24.8 Å². The summed E-state index contributed by atoms with van der Waals surface area (Å²) in [5.41, 5.74) is 0.846. The molecular formula is C14H14ClNO2. The van der Waals surface area contributed by atoms with Crippen LogP contribution in [0.4, 0.5) is 0 Å². The highest BCUT2D eigenvalue weighted by atomic mass is 35.5. The van der Waals surface area contributed by atoms with Gasteiger partial charge >= 0.3 is 0 Å². The molecule has 1 N–H and O–H groups in total. The molecular weight excluding hydrogens is 250 g/mol. The molecule has 0 spiro atoms. The Labute approximate surface area is 111 Å². The van der Waals surface area contributed by atoms with E-state index in [1.165, 1.54) is 6.08 Å². The van der Waals surface area contributed by atoms with Gasteiger partial charge in [0.15, 0.2) is 5.78 Å². The van der Waals surface area contributed by atoms with Gasteiger partial charge in [-0.3, -0.25) is 9.59 Å². The zero-order chi connectivity index (χ0) is 13.0. The Kier molecular flexibility index (Phi) is 4.15. The zero-order valence-corrected chi connectivity index (χ0v) is 10.6. The molecule has 1 fully saturated rings. The second kappa shape index (κ2) is 5.83. The highest BCUT2D eigenvalue weighted by Crippen LogP contribution is 2.18. The summed E-state index contributed by atoms with van der Waals surface area (Å²) in [6.07, 6.45) is 5.04. The minimum Gasteiger partial charge on any atom is -0.353 e. The maximum absolute atomic E-state index is 11.5. The van der Waals surface area contributed by atoms with Gasteiger partial charge in [0.1, 0.15) is 0 Å². The van der Waals surface area contributed by atoms with Crippen LogP contribution in [0.25, 0.3) is 6.08 Å². The van der Waals surface area contributed by atoms with Gasteiger partial charge in [-0.25, -0.2) is 0 Å². The molecule has 2 rings (SSSR count). The highest BCUT2D eigenvalue weighted by molar-refractivity contribution is 6.30. The minimum absolute atomic E-state index is 0.0897. The lowest BCUT2D eigenvalue weighted by Crippen LogP contribution is -2.26. The Morgan fingerprint density at radius 3 is 2.83 bits per heavy atom. The SMILES string of the molecule is O=C(C=Cc1cccc(Cl)c1)CC(=O)NC1CC1. The molecule has 0 saturated heterocycles. The van der Waals surface area contributed by atoms with Crippen molar-refractivity contribution in [3.8, 4) is 0 Å². The van der Waals surface area contributed by atoms with E-state index in [-0.39, 0.29) is 18.1 Å². The number of carbonyl (C=O) groups excluding carboxylic acids is 2. The van der Waals surface area contributed by atoms with Crippen LogP contribution in [0.2, 0.25) is 5.02 Å². The zero-order valence-electron chi connectivity index (χ0n) is 9.86. The first kappa shape index (κ1) is 12.8. The van der Waals surface area contributed by atoms with Gasteiger partial charge in [0.05, 0.1) is 6.42 Å². The summed E-state index contributed by atoms with van der Waals surface area (Å²) < 4.78 is 0. The second-order valence-electron chi connectivity index (χ2n) is 4.37. The van der Waals surface area contributed by atoms with E-state index >= 15 is 0 Å². The summed E-state index contributed by atoms with van der Waals surface area (Å²) >= 11 is 5.83. The largest absolute Gasteiger partial charge is 0.353 e. The molecule has 0 heterocycles. The molecule has 0 bridgehead atoms. The maximum Gasteiger partial charge on any atom is 0.228 e. The van der Waals surface area contributed by atoms with Gasteiger partial charge in [0, 0.05) is 11.1 Å². The molecule has 1 aromatic rings. The predicted octanol–water partition coefficient (Wildman–Crippen LogP) is 2.59. The van der Waals surface area contributed by atoms with Crippen LogP contribution < -0.4 is 5.32 Å². The fourth-order valence-electron chi connectivity index (χ4n) is 1.52. The molecule has 0 unspecified atom stereocenters. The van der Waals surface area contributed by atoms with Crippen molar-refractivity contribution in [3.63, 3.8) is 0 Å². The lowest BCUT2D eigenvalue weighted by Gasteiger charge is -1.99. The molecule has 3 nitrogen and oxygen atoms in total. The van der Waals surface area contributed by atoms with E-state index in [2.05, 4.69) is 5.32 Å². The van der Waals surface area contributed by atoms with E-state index < -0.39 is 0 Å². The number of benzene rings is 1. The summed E-state index contributed by atoms with van der Waals surface area (Å²) in [4.78, 5) is 22.9. The van der Waals surface area contributed by atoms with Crippen LogP contribution in [0, 0.1) is 0 Å². The molecule has 4 heteroatoms.